The van der Waals surface area contributed by atoms with Crippen LogP contribution in [0.4, 0.5) is 5.69 Å². The van der Waals surface area contributed by atoms with Crippen molar-refractivity contribution in [2.75, 3.05) is 17.9 Å². The average Bonchev–Trinajstić information content (AvgIpc) is 2.78. The Morgan fingerprint density at radius 3 is 2.25 bits per heavy atom. The highest BCUT2D eigenvalue weighted by Gasteiger charge is 2.28. The quantitative estimate of drug-likeness (QED) is 0.439. The molecule has 32 heavy (non-hydrogen) atoms. The Morgan fingerprint density at radius 2 is 1.59 bits per heavy atom. The molecule has 0 heterocycles. The second-order valence-corrected chi connectivity index (χ2v) is 10.3. The van der Waals surface area contributed by atoms with E-state index in [4.69, 9.17) is 11.6 Å². The molecule has 0 bridgehead atoms. The first-order valence-electron chi connectivity index (χ1n) is 10.4. The highest BCUT2D eigenvalue weighted by atomic mass is 35.5. The van der Waals surface area contributed by atoms with Crippen LogP contribution >= 0.6 is 11.6 Å². The van der Waals surface area contributed by atoms with Crippen molar-refractivity contribution < 1.29 is 13.2 Å². The SMILES string of the molecule is CC(C)CN(C)C(=O)c1cccc(S(=O)(=O)N(Cc2ccccc2)c2ccccc2Cl)c1. The molecule has 5 nitrogen and oxygen atoms in total. The Morgan fingerprint density at radius 1 is 0.938 bits per heavy atom. The van der Waals surface area contributed by atoms with E-state index in [1.807, 2.05) is 44.2 Å². The third-order valence-electron chi connectivity index (χ3n) is 4.94. The molecular weight excluding hydrogens is 444 g/mol. The Kier molecular flexibility index (Phi) is 7.59. The molecule has 0 aliphatic carbocycles. The van der Waals surface area contributed by atoms with Crippen molar-refractivity contribution in [2.24, 2.45) is 5.92 Å². The molecule has 3 rings (SSSR count). The normalized spacial score (nSPS) is 11.4. The third-order valence-corrected chi connectivity index (χ3v) is 7.02. The first kappa shape index (κ1) is 23.8. The van der Waals surface area contributed by atoms with Crippen molar-refractivity contribution >= 4 is 33.2 Å². The number of nitrogens with zero attached hydrogens (tertiary/aromatic N) is 2. The van der Waals surface area contributed by atoms with Gasteiger partial charge in [-0.3, -0.25) is 9.10 Å². The molecule has 0 saturated carbocycles. The van der Waals surface area contributed by atoms with E-state index >= 15 is 0 Å². The van der Waals surface area contributed by atoms with Crippen LogP contribution in [-0.4, -0.2) is 32.8 Å². The highest BCUT2D eigenvalue weighted by Crippen LogP contribution is 2.32. The number of sulfonamides is 1. The lowest BCUT2D eigenvalue weighted by atomic mass is 10.1. The predicted octanol–water partition coefficient (Wildman–Crippen LogP) is 5.46. The summed E-state index contributed by atoms with van der Waals surface area (Å²) in [5.74, 6) is 0.0838. The summed E-state index contributed by atoms with van der Waals surface area (Å²) in [4.78, 5) is 14.5. The van der Waals surface area contributed by atoms with Gasteiger partial charge in [0.15, 0.2) is 0 Å². The van der Waals surface area contributed by atoms with Crippen LogP contribution in [0.3, 0.4) is 0 Å². The molecule has 7 heteroatoms. The molecule has 0 aliphatic heterocycles. The minimum absolute atomic E-state index is 0.0390. The summed E-state index contributed by atoms with van der Waals surface area (Å²) in [6.45, 7) is 4.74. The maximum atomic E-state index is 13.8. The van der Waals surface area contributed by atoms with Crippen LogP contribution in [0.25, 0.3) is 0 Å². The molecule has 0 N–H and O–H groups in total. The van der Waals surface area contributed by atoms with Crippen LogP contribution in [0, 0.1) is 5.92 Å². The molecule has 0 radical (unpaired) electrons. The molecule has 0 aliphatic rings. The second kappa shape index (κ2) is 10.2. The van der Waals surface area contributed by atoms with Crippen LogP contribution < -0.4 is 4.31 Å². The molecule has 0 aromatic heterocycles. The molecule has 0 saturated heterocycles. The number of anilines is 1. The van der Waals surface area contributed by atoms with Crippen molar-refractivity contribution in [3.05, 3.63) is 95.0 Å². The summed E-state index contributed by atoms with van der Waals surface area (Å²) in [5.41, 5.74) is 1.53. The van der Waals surface area contributed by atoms with Gasteiger partial charge in [-0.2, -0.15) is 0 Å². The molecule has 168 valence electrons. The zero-order chi connectivity index (χ0) is 23.3. The number of halogens is 1. The Hall–Kier alpha value is -2.83. The maximum Gasteiger partial charge on any atom is 0.264 e. The molecule has 0 unspecified atom stereocenters. The smallest absolute Gasteiger partial charge is 0.264 e. The third kappa shape index (κ3) is 5.50. The number of hydrogen-bond donors (Lipinski definition) is 0. The lowest BCUT2D eigenvalue weighted by Crippen LogP contribution is -2.32. The molecule has 3 aromatic rings. The lowest BCUT2D eigenvalue weighted by Gasteiger charge is -2.26. The monoisotopic (exact) mass is 470 g/mol. The van der Waals surface area contributed by atoms with Crippen molar-refractivity contribution in [1.82, 2.24) is 4.90 Å². The molecule has 3 aromatic carbocycles. The summed E-state index contributed by atoms with van der Waals surface area (Å²) < 4.78 is 28.8. The van der Waals surface area contributed by atoms with E-state index in [0.29, 0.717) is 28.7 Å². The summed E-state index contributed by atoms with van der Waals surface area (Å²) in [6.07, 6.45) is 0. The number of amides is 1. The van der Waals surface area contributed by atoms with E-state index in [9.17, 15) is 13.2 Å². The van der Waals surface area contributed by atoms with Gasteiger partial charge >= 0.3 is 0 Å². The average molecular weight is 471 g/mol. The Balaban J connectivity index is 2.03. The van der Waals surface area contributed by atoms with Crippen molar-refractivity contribution in [2.45, 2.75) is 25.3 Å². The fourth-order valence-corrected chi connectivity index (χ4v) is 5.28. The predicted molar refractivity (Wildman–Crippen MR) is 130 cm³/mol. The van der Waals surface area contributed by atoms with E-state index in [1.54, 1.807) is 48.3 Å². The van der Waals surface area contributed by atoms with E-state index in [2.05, 4.69) is 0 Å². The van der Waals surface area contributed by atoms with Crippen molar-refractivity contribution in [3.8, 4) is 0 Å². The van der Waals surface area contributed by atoms with Gasteiger partial charge in [0, 0.05) is 19.2 Å². The molecule has 0 atom stereocenters. The Bertz CT molecular complexity index is 1180. The number of para-hydroxylation sites is 1. The fourth-order valence-electron chi connectivity index (χ4n) is 3.47. The Labute approximate surface area is 195 Å². The summed E-state index contributed by atoms with van der Waals surface area (Å²) >= 11 is 6.38. The minimum Gasteiger partial charge on any atom is -0.341 e. The van der Waals surface area contributed by atoms with E-state index in [0.717, 1.165) is 5.56 Å². The van der Waals surface area contributed by atoms with Gasteiger partial charge in [-0.05, 0) is 41.8 Å². The maximum absolute atomic E-state index is 13.8. The van der Waals surface area contributed by atoms with Gasteiger partial charge in [0.05, 0.1) is 22.2 Å². The van der Waals surface area contributed by atoms with Gasteiger partial charge in [-0.15, -0.1) is 0 Å². The molecule has 1 amide bonds. The van der Waals surface area contributed by atoms with Gasteiger partial charge in [-0.25, -0.2) is 8.42 Å². The highest BCUT2D eigenvalue weighted by molar-refractivity contribution is 7.92. The number of benzene rings is 3. The number of rotatable bonds is 8. The van der Waals surface area contributed by atoms with Crippen LogP contribution in [-0.2, 0) is 16.6 Å². The van der Waals surface area contributed by atoms with E-state index in [1.165, 1.54) is 16.4 Å². The summed E-state index contributed by atoms with van der Waals surface area (Å²) in [5, 5.41) is 0.330. The van der Waals surface area contributed by atoms with E-state index in [-0.39, 0.29) is 17.3 Å². The van der Waals surface area contributed by atoms with Crippen molar-refractivity contribution in [1.29, 1.82) is 0 Å². The topological polar surface area (TPSA) is 57.7 Å². The first-order valence-corrected chi connectivity index (χ1v) is 12.2. The summed E-state index contributed by atoms with van der Waals surface area (Å²) in [7, 11) is -2.28. The van der Waals surface area contributed by atoms with Gasteiger partial charge in [0.25, 0.3) is 15.9 Å². The van der Waals surface area contributed by atoms with Gasteiger partial charge in [-0.1, -0.05) is 74.0 Å². The molecule has 0 fully saturated rings. The fraction of sp³-hybridized carbons (Fsp3) is 0.240. The number of carbonyl (C=O) groups excluding carboxylic acids is 1. The summed E-state index contributed by atoms with van der Waals surface area (Å²) in [6, 6.07) is 22.3. The lowest BCUT2D eigenvalue weighted by molar-refractivity contribution is 0.0779. The van der Waals surface area contributed by atoms with Gasteiger partial charge < -0.3 is 4.90 Å². The zero-order valence-corrected chi connectivity index (χ0v) is 20.0. The zero-order valence-electron chi connectivity index (χ0n) is 18.4. The van der Waals surface area contributed by atoms with Crippen LogP contribution in [0.15, 0.2) is 83.8 Å². The van der Waals surface area contributed by atoms with Gasteiger partial charge in [0.2, 0.25) is 0 Å². The number of hydrogen-bond acceptors (Lipinski definition) is 3. The largest absolute Gasteiger partial charge is 0.341 e. The van der Waals surface area contributed by atoms with E-state index < -0.39 is 10.0 Å². The molecule has 0 spiro atoms. The van der Waals surface area contributed by atoms with Crippen LogP contribution in [0.2, 0.25) is 5.02 Å². The number of carbonyl (C=O) groups is 1. The van der Waals surface area contributed by atoms with Gasteiger partial charge in [0.1, 0.15) is 0 Å². The minimum atomic E-state index is -4.00. The second-order valence-electron chi connectivity index (χ2n) is 8.06. The first-order chi connectivity index (χ1) is 15.2. The molecular formula is C25H27ClN2O3S. The van der Waals surface area contributed by atoms with Crippen molar-refractivity contribution in [3.63, 3.8) is 0 Å². The van der Waals surface area contributed by atoms with Crippen LogP contribution in [0.5, 0.6) is 0 Å². The standard InChI is InChI=1S/C25H27ClN2O3S/c1-19(2)17-27(3)25(29)21-12-9-13-22(16-21)32(30,31)28(18-20-10-5-4-6-11-20)24-15-8-7-14-23(24)26/h4-16,19H,17-18H2,1-3H3. The van der Waals surface area contributed by atoms with Crippen LogP contribution in [0.1, 0.15) is 29.8 Å².